The van der Waals surface area contributed by atoms with E-state index in [9.17, 15) is 4.21 Å². The van der Waals surface area contributed by atoms with Gasteiger partial charge in [-0.3, -0.25) is 0 Å². The zero-order valence-corrected chi connectivity index (χ0v) is 15.2. The smallest absolute Gasteiger partial charge is 0.110 e. The van der Waals surface area contributed by atoms with E-state index in [1.807, 2.05) is 18.2 Å². The maximum atomic E-state index is 12.6. The maximum Gasteiger partial charge on any atom is 0.110 e. The SMILES string of the molecule is CO.N#Cc1ccc(S(=O)c2cccc(SN3CCCC3)c2)s1. The first-order valence-corrected chi connectivity index (χ1v) is 9.89. The Balaban J connectivity index is 0.000000924. The second kappa shape index (κ2) is 9.21. The van der Waals surface area contributed by atoms with Crippen LogP contribution in [0.1, 0.15) is 17.7 Å². The van der Waals surface area contributed by atoms with Crippen LogP contribution in [0.25, 0.3) is 0 Å². The maximum absolute atomic E-state index is 12.6. The van der Waals surface area contributed by atoms with Gasteiger partial charge < -0.3 is 5.11 Å². The van der Waals surface area contributed by atoms with Crippen LogP contribution in [-0.4, -0.2) is 33.8 Å². The molecule has 3 rings (SSSR count). The average molecular weight is 367 g/mol. The van der Waals surface area contributed by atoms with Gasteiger partial charge in [0.25, 0.3) is 0 Å². The van der Waals surface area contributed by atoms with Gasteiger partial charge in [-0.1, -0.05) is 6.07 Å². The Labute approximate surface area is 147 Å². The fourth-order valence-corrected chi connectivity index (χ4v) is 5.56. The Kier molecular flexibility index (Phi) is 7.27. The predicted octanol–water partition coefficient (Wildman–Crippen LogP) is 3.50. The molecule has 1 aromatic carbocycles. The van der Waals surface area contributed by atoms with E-state index in [4.69, 9.17) is 10.4 Å². The van der Waals surface area contributed by atoms with E-state index < -0.39 is 10.8 Å². The van der Waals surface area contributed by atoms with Crippen molar-refractivity contribution in [2.24, 2.45) is 0 Å². The van der Waals surface area contributed by atoms with Crippen molar-refractivity contribution in [1.29, 1.82) is 5.26 Å². The summed E-state index contributed by atoms with van der Waals surface area (Å²) >= 11 is 3.03. The summed E-state index contributed by atoms with van der Waals surface area (Å²) in [6.45, 7) is 2.24. The average Bonchev–Trinajstić information content (AvgIpc) is 3.27. The summed E-state index contributed by atoms with van der Waals surface area (Å²) < 4.78 is 15.6. The summed E-state index contributed by atoms with van der Waals surface area (Å²) in [6, 6.07) is 13.5. The number of aliphatic hydroxyl groups excluding tert-OH is 1. The normalized spacial score (nSPS) is 15.5. The van der Waals surface area contributed by atoms with Crippen LogP contribution in [0.4, 0.5) is 0 Å². The van der Waals surface area contributed by atoms with E-state index in [1.165, 1.54) is 24.2 Å². The van der Waals surface area contributed by atoms with Gasteiger partial charge >= 0.3 is 0 Å². The molecule has 0 amide bonds. The van der Waals surface area contributed by atoms with Gasteiger partial charge in [0.15, 0.2) is 0 Å². The number of nitrogens with zero attached hydrogens (tertiary/aromatic N) is 2. The van der Waals surface area contributed by atoms with E-state index in [-0.39, 0.29) is 0 Å². The van der Waals surface area contributed by atoms with Crippen LogP contribution in [0.5, 0.6) is 0 Å². The van der Waals surface area contributed by atoms with Crippen molar-refractivity contribution < 1.29 is 9.32 Å². The molecule has 122 valence electrons. The van der Waals surface area contributed by atoms with Crippen LogP contribution in [0.3, 0.4) is 0 Å². The molecule has 2 aromatic rings. The fourth-order valence-electron chi connectivity index (χ4n) is 2.17. The Hall–Kier alpha value is -1.17. The van der Waals surface area contributed by atoms with Gasteiger partial charge in [-0.15, -0.1) is 11.3 Å². The zero-order chi connectivity index (χ0) is 16.7. The molecule has 1 fully saturated rings. The molecule has 1 unspecified atom stereocenters. The van der Waals surface area contributed by atoms with Crippen LogP contribution >= 0.6 is 23.3 Å². The van der Waals surface area contributed by atoms with Crippen LogP contribution in [0.15, 0.2) is 50.4 Å². The number of aliphatic hydroxyl groups is 1. The van der Waals surface area contributed by atoms with E-state index in [0.29, 0.717) is 4.88 Å². The second-order valence-corrected chi connectivity index (χ2v) is 8.66. The molecule has 1 saturated heterocycles. The van der Waals surface area contributed by atoms with Crippen molar-refractivity contribution in [2.45, 2.75) is 26.8 Å². The van der Waals surface area contributed by atoms with Gasteiger partial charge in [0.2, 0.25) is 0 Å². The Morgan fingerprint density at radius 1 is 1.26 bits per heavy atom. The summed E-state index contributed by atoms with van der Waals surface area (Å²) in [5.41, 5.74) is 0. The van der Waals surface area contributed by atoms with Gasteiger partial charge in [0, 0.05) is 30.0 Å². The number of benzene rings is 1. The molecule has 0 radical (unpaired) electrons. The molecular weight excluding hydrogens is 348 g/mol. The lowest BCUT2D eigenvalue weighted by Crippen LogP contribution is -2.08. The van der Waals surface area contributed by atoms with E-state index in [0.717, 1.165) is 34.2 Å². The summed E-state index contributed by atoms with van der Waals surface area (Å²) in [5, 5.41) is 15.9. The van der Waals surface area contributed by atoms with Crippen molar-refractivity contribution in [1.82, 2.24) is 4.31 Å². The lowest BCUT2D eigenvalue weighted by Gasteiger charge is -2.13. The Morgan fingerprint density at radius 2 is 2.00 bits per heavy atom. The van der Waals surface area contributed by atoms with Gasteiger partial charge in [-0.05, 0) is 55.1 Å². The standard InChI is InChI=1S/C15H14N2OS3.CH4O/c16-11-13-6-7-15(19-13)21(18)14-5-3-4-12(10-14)20-17-8-1-2-9-17;1-2/h3-7,10H,1-2,8-9H2;2H,1H3. The number of thiophene rings is 1. The van der Waals surface area contributed by atoms with Crippen molar-refractivity contribution in [3.63, 3.8) is 0 Å². The van der Waals surface area contributed by atoms with Crippen molar-refractivity contribution in [3.05, 3.63) is 41.3 Å². The number of hydrogen-bond donors (Lipinski definition) is 1. The first-order valence-electron chi connectivity index (χ1n) is 7.16. The van der Waals surface area contributed by atoms with Crippen molar-refractivity contribution in [2.75, 3.05) is 20.2 Å². The molecule has 1 atom stereocenters. The highest BCUT2D eigenvalue weighted by Gasteiger charge is 2.15. The van der Waals surface area contributed by atoms with Gasteiger partial charge in [0.05, 0.1) is 15.0 Å². The van der Waals surface area contributed by atoms with Crippen molar-refractivity contribution >= 4 is 34.1 Å². The lowest BCUT2D eigenvalue weighted by atomic mass is 10.4. The molecule has 23 heavy (non-hydrogen) atoms. The second-order valence-electron chi connectivity index (χ2n) is 4.70. The van der Waals surface area contributed by atoms with Crippen molar-refractivity contribution in [3.8, 4) is 6.07 Å². The highest BCUT2D eigenvalue weighted by molar-refractivity contribution is 7.97. The minimum absolute atomic E-state index is 0.598. The summed E-state index contributed by atoms with van der Waals surface area (Å²) in [4.78, 5) is 2.52. The third-order valence-electron chi connectivity index (χ3n) is 3.19. The first kappa shape index (κ1) is 18.2. The number of hydrogen-bond acceptors (Lipinski definition) is 6. The fraction of sp³-hybridized carbons (Fsp3) is 0.312. The highest BCUT2D eigenvalue weighted by Crippen LogP contribution is 2.30. The molecule has 1 aromatic heterocycles. The minimum atomic E-state index is -1.21. The van der Waals surface area contributed by atoms with E-state index in [1.54, 1.807) is 24.1 Å². The summed E-state index contributed by atoms with van der Waals surface area (Å²) in [7, 11) is -0.205. The van der Waals surface area contributed by atoms with Crippen LogP contribution in [0.2, 0.25) is 0 Å². The molecule has 0 saturated carbocycles. The van der Waals surface area contributed by atoms with Crippen LogP contribution in [-0.2, 0) is 10.8 Å². The lowest BCUT2D eigenvalue weighted by molar-refractivity contribution is 0.399. The molecular formula is C16H18N2O2S3. The number of nitriles is 1. The molecule has 0 aliphatic carbocycles. The minimum Gasteiger partial charge on any atom is -0.400 e. The molecule has 7 heteroatoms. The van der Waals surface area contributed by atoms with Gasteiger partial charge in [-0.25, -0.2) is 8.51 Å². The zero-order valence-electron chi connectivity index (χ0n) is 12.8. The Bertz CT molecular complexity index is 703. The molecule has 0 spiro atoms. The highest BCUT2D eigenvalue weighted by atomic mass is 32.2. The van der Waals surface area contributed by atoms with Crippen LogP contribution < -0.4 is 0 Å². The van der Waals surface area contributed by atoms with Crippen LogP contribution in [0, 0.1) is 11.3 Å². The molecule has 4 nitrogen and oxygen atoms in total. The van der Waals surface area contributed by atoms with Gasteiger partial charge in [-0.2, -0.15) is 5.26 Å². The molecule has 2 heterocycles. The molecule has 1 N–H and O–H groups in total. The Morgan fingerprint density at radius 3 is 2.65 bits per heavy atom. The third-order valence-corrected chi connectivity index (χ3v) is 6.95. The predicted molar refractivity (Wildman–Crippen MR) is 95.0 cm³/mol. The largest absolute Gasteiger partial charge is 0.400 e. The topological polar surface area (TPSA) is 64.3 Å². The number of rotatable bonds is 4. The van der Waals surface area contributed by atoms with E-state index >= 15 is 0 Å². The molecule has 1 aliphatic heterocycles. The third kappa shape index (κ3) is 4.90. The monoisotopic (exact) mass is 366 g/mol. The summed E-state index contributed by atoms with van der Waals surface area (Å²) in [6.07, 6.45) is 2.51. The van der Waals surface area contributed by atoms with E-state index in [2.05, 4.69) is 16.4 Å². The molecule has 1 aliphatic rings. The quantitative estimate of drug-likeness (QED) is 0.839. The molecule has 0 bridgehead atoms. The first-order chi connectivity index (χ1) is 11.3. The van der Waals surface area contributed by atoms with Gasteiger partial charge in [0.1, 0.15) is 10.9 Å². The summed E-state index contributed by atoms with van der Waals surface area (Å²) in [5.74, 6) is 0.